The van der Waals surface area contributed by atoms with E-state index < -0.39 is 0 Å². The summed E-state index contributed by atoms with van der Waals surface area (Å²) in [5, 5.41) is 10.1. The van der Waals surface area contributed by atoms with E-state index >= 15 is 0 Å². The van der Waals surface area contributed by atoms with E-state index in [4.69, 9.17) is 16.9 Å². The van der Waals surface area contributed by atoms with Gasteiger partial charge in [0.05, 0.1) is 11.1 Å². The molecule has 1 heterocycles. The number of rotatable bonds is 3. The summed E-state index contributed by atoms with van der Waals surface area (Å²) in [6.07, 6.45) is 2.02. The lowest BCUT2D eigenvalue weighted by atomic mass is 10.2. The molecule has 17 heavy (non-hydrogen) atoms. The molecule has 1 aromatic carbocycles. The van der Waals surface area contributed by atoms with Gasteiger partial charge in [-0.3, -0.25) is 0 Å². The number of fused-ring (bicyclic) bond motifs is 1. The quantitative estimate of drug-likeness (QED) is 0.806. The second kappa shape index (κ2) is 4.77. The molecule has 0 aliphatic heterocycles. The highest BCUT2D eigenvalue weighted by Crippen LogP contribution is 2.30. The molecule has 0 bridgehead atoms. The third-order valence-corrected chi connectivity index (χ3v) is 3.20. The number of benzene rings is 1. The molecule has 0 N–H and O–H groups in total. The maximum Gasteiger partial charge on any atom is 0.128 e. The van der Waals surface area contributed by atoms with Gasteiger partial charge in [-0.05, 0) is 24.6 Å². The Morgan fingerprint density at radius 1 is 1.47 bits per heavy atom. The highest BCUT2D eigenvalue weighted by molar-refractivity contribution is 6.32. The largest absolute Gasteiger partial charge is 0.330 e. The van der Waals surface area contributed by atoms with E-state index in [0.717, 1.165) is 24.9 Å². The van der Waals surface area contributed by atoms with Crippen molar-refractivity contribution >= 4 is 22.5 Å². The minimum absolute atomic E-state index is 0.349. The van der Waals surface area contributed by atoms with Crippen molar-refractivity contribution in [1.29, 1.82) is 5.26 Å². The lowest BCUT2D eigenvalue weighted by Crippen LogP contribution is -1.97. The van der Waals surface area contributed by atoms with E-state index in [0.29, 0.717) is 16.1 Å². The highest BCUT2D eigenvalue weighted by atomic mass is 35.5. The van der Waals surface area contributed by atoms with Crippen molar-refractivity contribution < 1.29 is 4.39 Å². The first kappa shape index (κ1) is 11.9. The minimum Gasteiger partial charge on any atom is -0.330 e. The summed E-state index contributed by atoms with van der Waals surface area (Å²) in [5.41, 5.74) is 1.18. The zero-order valence-electron chi connectivity index (χ0n) is 9.50. The fourth-order valence-corrected chi connectivity index (χ4v) is 2.26. The smallest absolute Gasteiger partial charge is 0.128 e. The van der Waals surface area contributed by atoms with E-state index in [2.05, 4.69) is 6.92 Å². The van der Waals surface area contributed by atoms with Crippen LogP contribution in [0.25, 0.3) is 10.9 Å². The summed E-state index contributed by atoms with van der Waals surface area (Å²) in [7, 11) is 0. The molecule has 0 aliphatic carbocycles. The van der Waals surface area contributed by atoms with E-state index in [1.807, 2.05) is 10.6 Å². The summed E-state index contributed by atoms with van der Waals surface area (Å²) in [5.74, 6) is -0.349. The van der Waals surface area contributed by atoms with Crippen molar-refractivity contribution in [3.05, 3.63) is 34.7 Å². The Labute approximate surface area is 104 Å². The Morgan fingerprint density at radius 3 is 2.88 bits per heavy atom. The van der Waals surface area contributed by atoms with Gasteiger partial charge in [-0.2, -0.15) is 5.26 Å². The topological polar surface area (TPSA) is 28.7 Å². The average molecular weight is 251 g/mol. The van der Waals surface area contributed by atoms with Crippen molar-refractivity contribution in [2.24, 2.45) is 0 Å². The molecular weight excluding hydrogens is 239 g/mol. The number of unbranched alkanes of at least 4 members (excludes halogenated alkanes) is 1. The number of nitriles is 1. The monoisotopic (exact) mass is 250 g/mol. The van der Waals surface area contributed by atoms with E-state index in [9.17, 15) is 4.39 Å². The first-order chi connectivity index (χ1) is 8.19. The first-order valence-electron chi connectivity index (χ1n) is 5.56. The predicted octanol–water partition coefficient (Wildman–Crippen LogP) is 4.11. The van der Waals surface area contributed by atoms with E-state index in [1.54, 1.807) is 6.07 Å². The summed E-state index contributed by atoms with van der Waals surface area (Å²) in [6.45, 7) is 2.84. The zero-order valence-corrected chi connectivity index (χ0v) is 10.3. The molecule has 0 saturated heterocycles. The van der Waals surface area contributed by atoms with Gasteiger partial charge in [-0.1, -0.05) is 24.9 Å². The van der Waals surface area contributed by atoms with Gasteiger partial charge in [0, 0.05) is 11.9 Å². The van der Waals surface area contributed by atoms with Crippen molar-refractivity contribution in [1.82, 2.24) is 4.57 Å². The van der Waals surface area contributed by atoms with E-state index in [1.165, 1.54) is 12.1 Å². The molecule has 0 radical (unpaired) electrons. The second-order valence-electron chi connectivity index (χ2n) is 3.94. The Hall–Kier alpha value is -1.53. The van der Waals surface area contributed by atoms with E-state index in [-0.39, 0.29) is 5.82 Å². The van der Waals surface area contributed by atoms with Crippen LogP contribution in [0.4, 0.5) is 4.39 Å². The van der Waals surface area contributed by atoms with Crippen LogP contribution in [0, 0.1) is 17.1 Å². The molecule has 4 heteroatoms. The lowest BCUT2D eigenvalue weighted by Gasteiger charge is -2.05. The Kier molecular flexibility index (Phi) is 3.35. The number of aromatic nitrogens is 1. The molecule has 0 amide bonds. The molecule has 0 saturated carbocycles. The summed E-state index contributed by atoms with van der Waals surface area (Å²) < 4.78 is 15.1. The second-order valence-corrected chi connectivity index (χ2v) is 4.30. The van der Waals surface area contributed by atoms with Gasteiger partial charge in [0.2, 0.25) is 0 Å². The Balaban J connectivity index is 2.67. The zero-order chi connectivity index (χ0) is 12.4. The number of hydrogen-bond acceptors (Lipinski definition) is 1. The molecule has 0 fully saturated rings. The normalized spacial score (nSPS) is 10.7. The maximum absolute atomic E-state index is 13.2. The van der Waals surface area contributed by atoms with Crippen LogP contribution in [-0.2, 0) is 6.54 Å². The van der Waals surface area contributed by atoms with Crippen LogP contribution in [-0.4, -0.2) is 4.57 Å². The average Bonchev–Trinajstić information content (AvgIpc) is 2.57. The third kappa shape index (κ3) is 2.01. The van der Waals surface area contributed by atoms with Gasteiger partial charge in [0.1, 0.15) is 17.0 Å². The Morgan fingerprint density at radius 2 is 2.24 bits per heavy atom. The van der Waals surface area contributed by atoms with Gasteiger partial charge < -0.3 is 4.57 Å². The molecule has 88 valence electrons. The SMILES string of the molecule is CCCCn1c(Cl)c(C#N)c2cc(F)ccc21. The molecule has 0 aliphatic rings. The van der Waals surface area contributed by atoms with Crippen LogP contribution in [0.1, 0.15) is 25.3 Å². The molecule has 2 rings (SSSR count). The van der Waals surface area contributed by atoms with Gasteiger partial charge >= 0.3 is 0 Å². The van der Waals surface area contributed by atoms with Crippen molar-refractivity contribution in [2.75, 3.05) is 0 Å². The summed E-state index contributed by atoms with van der Waals surface area (Å²) >= 11 is 6.16. The third-order valence-electron chi connectivity index (χ3n) is 2.81. The fraction of sp³-hybridized carbons (Fsp3) is 0.308. The van der Waals surface area contributed by atoms with Gasteiger partial charge in [-0.15, -0.1) is 0 Å². The molecule has 2 aromatic rings. The molecular formula is C13H12ClFN2. The number of nitrogens with zero attached hydrogens (tertiary/aromatic N) is 2. The molecule has 0 atom stereocenters. The van der Waals surface area contributed by atoms with Crippen LogP contribution in [0.3, 0.4) is 0 Å². The van der Waals surface area contributed by atoms with Crippen LogP contribution in [0.15, 0.2) is 18.2 Å². The first-order valence-corrected chi connectivity index (χ1v) is 5.94. The lowest BCUT2D eigenvalue weighted by molar-refractivity contribution is 0.628. The van der Waals surface area contributed by atoms with Crippen molar-refractivity contribution in [2.45, 2.75) is 26.3 Å². The fourth-order valence-electron chi connectivity index (χ4n) is 1.94. The van der Waals surface area contributed by atoms with Crippen LogP contribution >= 0.6 is 11.6 Å². The van der Waals surface area contributed by atoms with Crippen LogP contribution in [0.5, 0.6) is 0 Å². The molecule has 2 nitrogen and oxygen atoms in total. The molecule has 1 aromatic heterocycles. The molecule has 0 spiro atoms. The van der Waals surface area contributed by atoms with Crippen LogP contribution < -0.4 is 0 Å². The molecule has 0 unspecified atom stereocenters. The van der Waals surface area contributed by atoms with Gasteiger partial charge in [-0.25, -0.2) is 4.39 Å². The van der Waals surface area contributed by atoms with Crippen LogP contribution in [0.2, 0.25) is 5.15 Å². The van der Waals surface area contributed by atoms with Gasteiger partial charge in [0.15, 0.2) is 0 Å². The summed E-state index contributed by atoms with van der Waals surface area (Å²) in [4.78, 5) is 0. The Bertz CT molecular complexity index is 595. The summed E-state index contributed by atoms with van der Waals surface area (Å²) in [6, 6.07) is 6.47. The maximum atomic E-state index is 13.2. The number of aryl methyl sites for hydroxylation is 1. The number of halogens is 2. The number of hydrogen-bond donors (Lipinski definition) is 0. The highest BCUT2D eigenvalue weighted by Gasteiger charge is 2.15. The van der Waals surface area contributed by atoms with Crippen molar-refractivity contribution in [3.63, 3.8) is 0 Å². The predicted molar refractivity (Wildman–Crippen MR) is 66.5 cm³/mol. The van der Waals surface area contributed by atoms with Crippen molar-refractivity contribution in [3.8, 4) is 6.07 Å². The van der Waals surface area contributed by atoms with Gasteiger partial charge in [0.25, 0.3) is 0 Å². The standard InChI is InChI=1S/C13H12ClFN2/c1-2-3-6-17-12-5-4-9(15)7-10(12)11(8-16)13(17)14/h4-5,7H,2-3,6H2,1H3. The minimum atomic E-state index is -0.349.